The number of benzene rings is 1. The number of nitrogens with one attached hydrogen (secondary N) is 1. The lowest BCUT2D eigenvalue weighted by Gasteiger charge is -2.12. The van der Waals surface area contributed by atoms with Gasteiger partial charge in [0.1, 0.15) is 0 Å². The van der Waals surface area contributed by atoms with Crippen LogP contribution in [-0.2, 0) is 0 Å². The number of hydrogen-bond acceptors (Lipinski definition) is 4. The van der Waals surface area contributed by atoms with Gasteiger partial charge in [0, 0.05) is 0 Å². The van der Waals surface area contributed by atoms with Crippen molar-refractivity contribution in [2.75, 3.05) is 5.32 Å². The summed E-state index contributed by atoms with van der Waals surface area (Å²) in [6.07, 6.45) is 0. The largest absolute Gasteiger partial charge is 0.492 e. The molecule has 1 aromatic heterocycles. The van der Waals surface area contributed by atoms with Crippen molar-refractivity contribution < 1.29 is 5.11 Å². The maximum Gasteiger partial charge on any atom is 0.227 e. The van der Waals surface area contributed by atoms with Crippen LogP contribution in [0, 0.1) is 0 Å². The molecule has 3 nitrogen and oxygen atoms in total. The average Bonchev–Trinajstić information content (AvgIpc) is 2.71. The summed E-state index contributed by atoms with van der Waals surface area (Å²) in [4.78, 5) is 5.09. The van der Waals surface area contributed by atoms with Crippen LogP contribution in [0.4, 0.5) is 5.13 Å². The Labute approximate surface area is 112 Å². The Kier molecular flexibility index (Phi) is 3.87. The first-order chi connectivity index (χ1) is 8.58. The van der Waals surface area contributed by atoms with Crippen LogP contribution in [0.3, 0.4) is 0 Å². The summed E-state index contributed by atoms with van der Waals surface area (Å²) in [6.45, 7) is 6.19. The molecule has 0 saturated heterocycles. The molecule has 1 aromatic carbocycles. The van der Waals surface area contributed by atoms with Gasteiger partial charge in [-0.1, -0.05) is 55.5 Å². The first-order valence-electron chi connectivity index (χ1n) is 6.09. The molecule has 4 heteroatoms. The molecular formula is C14H18N2OS. The van der Waals surface area contributed by atoms with Crippen molar-refractivity contribution in [3.8, 4) is 5.88 Å². The molecular weight excluding hydrogens is 244 g/mol. The van der Waals surface area contributed by atoms with Gasteiger partial charge in [-0.15, -0.1) is 0 Å². The van der Waals surface area contributed by atoms with Crippen molar-refractivity contribution in [2.45, 2.75) is 32.7 Å². The number of hydrogen-bond donors (Lipinski definition) is 2. The molecule has 2 rings (SSSR count). The minimum Gasteiger partial charge on any atom is -0.492 e. The van der Waals surface area contributed by atoms with Crippen LogP contribution in [0.1, 0.15) is 43.2 Å². The smallest absolute Gasteiger partial charge is 0.227 e. The molecule has 0 saturated carbocycles. The molecule has 0 fully saturated rings. The normalized spacial score (nSPS) is 12.7. The molecule has 1 heterocycles. The molecule has 2 aromatic rings. The van der Waals surface area contributed by atoms with Gasteiger partial charge in [0.25, 0.3) is 0 Å². The van der Waals surface area contributed by atoms with E-state index in [-0.39, 0.29) is 11.9 Å². The molecule has 2 N–H and O–H groups in total. The molecule has 1 atom stereocenters. The Morgan fingerprint density at radius 2 is 1.83 bits per heavy atom. The third-order valence-corrected chi connectivity index (χ3v) is 4.07. The number of aromatic nitrogens is 1. The Morgan fingerprint density at radius 3 is 2.39 bits per heavy atom. The van der Waals surface area contributed by atoms with E-state index < -0.39 is 0 Å². The SMILES string of the molecule is CC(C)c1sc(N[C@@H](C)c2ccccc2)nc1O. The monoisotopic (exact) mass is 262 g/mol. The second kappa shape index (κ2) is 5.40. The van der Waals surface area contributed by atoms with Crippen LogP contribution in [0.15, 0.2) is 30.3 Å². The van der Waals surface area contributed by atoms with Crippen molar-refractivity contribution >= 4 is 16.5 Å². The fourth-order valence-corrected chi connectivity index (χ4v) is 2.72. The lowest BCUT2D eigenvalue weighted by molar-refractivity contribution is 0.449. The van der Waals surface area contributed by atoms with Gasteiger partial charge in [0.2, 0.25) is 5.88 Å². The van der Waals surface area contributed by atoms with Gasteiger partial charge in [0.05, 0.1) is 10.9 Å². The first-order valence-corrected chi connectivity index (χ1v) is 6.90. The standard InChI is InChI=1S/C14H18N2OS/c1-9(2)12-13(17)16-14(18-12)15-10(3)11-7-5-4-6-8-11/h4-10,17H,1-3H3,(H,15,16)/t10-/m0/s1. The number of rotatable bonds is 4. The molecule has 96 valence electrons. The summed E-state index contributed by atoms with van der Waals surface area (Å²) in [6, 6.07) is 10.4. The van der Waals surface area contributed by atoms with E-state index in [4.69, 9.17) is 0 Å². The highest BCUT2D eigenvalue weighted by atomic mass is 32.1. The summed E-state index contributed by atoms with van der Waals surface area (Å²) >= 11 is 1.52. The van der Waals surface area contributed by atoms with Gasteiger partial charge in [-0.3, -0.25) is 0 Å². The molecule has 0 unspecified atom stereocenters. The highest BCUT2D eigenvalue weighted by Crippen LogP contribution is 2.35. The second-order valence-corrected chi connectivity index (χ2v) is 5.67. The molecule has 0 bridgehead atoms. The van der Waals surface area contributed by atoms with Crippen LogP contribution in [0.5, 0.6) is 5.88 Å². The molecule has 18 heavy (non-hydrogen) atoms. The molecule has 0 aliphatic rings. The van der Waals surface area contributed by atoms with Crippen LogP contribution in [0.2, 0.25) is 0 Å². The Bertz CT molecular complexity index is 508. The number of anilines is 1. The summed E-state index contributed by atoms with van der Waals surface area (Å²) in [5, 5.41) is 13.8. The van der Waals surface area contributed by atoms with Gasteiger partial charge in [-0.2, -0.15) is 4.98 Å². The minimum atomic E-state index is 0.151. The van der Waals surface area contributed by atoms with Crippen molar-refractivity contribution in [2.24, 2.45) is 0 Å². The molecule has 0 aliphatic heterocycles. The Hall–Kier alpha value is -1.55. The van der Waals surface area contributed by atoms with E-state index in [1.807, 2.05) is 18.2 Å². The topological polar surface area (TPSA) is 45.2 Å². The summed E-state index contributed by atoms with van der Waals surface area (Å²) in [5.41, 5.74) is 1.21. The highest BCUT2D eigenvalue weighted by Gasteiger charge is 2.14. The van der Waals surface area contributed by atoms with Crippen LogP contribution >= 0.6 is 11.3 Å². The minimum absolute atomic E-state index is 0.151. The summed E-state index contributed by atoms with van der Waals surface area (Å²) in [5.74, 6) is 0.447. The summed E-state index contributed by atoms with van der Waals surface area (Å²) in [7, 11) is 0. The molecule has 0 spiro atoms. The lowest BCUT2D eigenvalue weighted by atomic mass is 10.1. The van der Waals surface area contributed by atoms with Crippen LogP contribution < -0.4 is 5.32 Å². The van der Waals surface area contributed by atoms with Crippen molar-refractivity contribution in [3.63, 3.8) is 0 Å². The quantitative estimate of drug-likeness (QED) is 0.870. The Morgan fingerprint density at radius 1 is 1.17 bits per heavy atom. The predicted octanol–water partition coefficient (Wildman–Crippen LogP) is 4.15. The van der Waals surface area contributed by atoms with Crippen LogP contribution in [-0.4, -0.2) is 10.1 Å². The Balaban J connectivity index is 2.12. The zero-order valence-electron chi connectivity index (χ0n) is 10.8. The van der Waals surface area contributed by atoms with Gasteiger partial charge in [-0.05, 0) is 18.4 Å². The van der Waals surface area contributed by atoms with Crippen LogP contribution in [0.25, 0.3) is 0 Å². The van der Waals surface area contributed by atoms with Gasteiger partial charge in [-0.25, -0.2) is 0 Å². The highest BCUT2D eigenvalue weighted by molar-refractivity contribution is 7.16. The maximum atomic E-state index is 9.74. The lowest BCUT2D eigenvalue weighted by Crippen LogP contribution is -2.05. The van der Waals surface area contributed by atoms with Crippen molar-refractivity contribution in [3.05, 3.63) is 40.8 Å². The number of nitrogens with zero attached hydrogens (tertiary/aromatic N) is 1. The van der Waals surface area contributed by atoms with E-state index in [1.165, 1.54) is 16.9 Å². The molecule has 0 amide bonds. The van der Waals surface area contributed by atoms with E-state index in [9.17, 15) is 5.11 Å². The third-order valence-electron chi connectivity index (χ3n) is 2.80. The maximum absolute atomic E-state index is 9.74. The predicted molar refractivity (Wildman–Crippen MR) is 76.3 cm³/mol. The third kappa shape index (κ3) is 2.82. The average molecular weight is 262 g/mol. The molecule has 0 aliphatic carbocycles. The first kappa shape index (κ1) is 12.9. The van der Waals surface area contributed by atoms with Gasteiger partial charge >= 0.3 is 0 Å². The zero-order chi connectivity index (χ0) is 13.1. The second-order valence-electron chi connectivity index (χ2n) is 4.64. The van der Waals surface area contributed by atoms with E-state index in [2.05, 4.69) is 43.2 Å². The van der Waals surface area contributed by atoms with Gasteiger partial charge in [0.15, 0.2) is 5.13 Å². The van der Waals surface area contributed by atoms with E-state index >= 15 is 0 Å². The van der Waals surface area contributed by atoms with Crippen molar-refractivity contribution in [1.29, 1.82) is 0 Å². The fraction of sp³-hybridized carbons (Fsp3) is 0.357. The van der Waals surface area contributed by atoms with Crippen molar-refractivity contribution in [1.82, 2.24) is 4.98 Å². The molecule has 0 radical (unpaired) electrons. The summed E-state index contributed by atoms with van der Waals surface area (Å²) < 4.78 is 0. The number of thiazole rings is 1. The van der Waals surface area contributed by atoms with Gasteiger partial charge < -0.3 is 10.4 Å². The zero-order valence-corrected chi connectivity index (χ0v) is 11.7. The van der Waals surface area contributed by atoms with E-state index in [1.54, 1.807) is 0 Å². The van der Waals surface area contributed by atoms with E-state index in [0.29, 0.717) is 5.92 Å². The van der Waals surface area contributed by atoms with E-state index in [0.717, 1.165) is 10.0 Å². The number of aromatic hydroxyl groups is 1. The fourth-order valence-electron chi connectivity index (χ4n) is 1.77.